The summed E-state index contributed by atoms with van der Waals surface area (Å²) >= 11 is 0. The second kappa shape index (κ2) is 5.02. The molecule has 0 saturated heterocycles. The van der Waals surface area contributed by atoms with Crippen molar-refractivity contribution in [2.24, 2.45) is 34.5 Å². The fourth-order valence-electron chi connectivity index (χ4n) is 6.70. The molecule has 3 saturated carbocycles. The van der Waals surface area contributed by atoms with Crippen molar-refractivity contribution in [3.63, 3.8) is 0 Å². The highest BCUT2D eigenvalue weighted by molar-refractivity contribution is 5.89. The van der Waals surface area contributed by atoms with Crippen LogP contribution in [-0.2, 0) is 14.3 Å². The Kier molecular flexibility index (Phi) is 3.39. The van der Waals surface area contributed by atoms with E-state index in [-0.39, 0.29) is 28.8 Å². The zero-order valence-corrected chi connectivity index (χ0v) is 14.5. The lowest BCUT2D eigenvalue weighted by Gasteiger charge is -2.58. The lowest BCUT2D eigenvalue weighted by Crippen LogP contribution is -2.56. The first-order valence-electron chi connectivity index (χ1n) is 9.15. The van der Waals surface area contributed by atoms with Gasteiger partial charge in [0.15, 0.2) is 0 Å². The molecule has 4 aliphatic carbocycles. The van der Waals surface area contributed by atoms with Crippen molar-refractivity contribution in [2.45, 2.75) is 58.5 Å². The largest absolute Gasteiger partial charge is 0.381 e. The minimum Gasteiger partial charge on any atom is -0.381 e. The monoisotopic (exact) mass is 316 g/mol. The highest BCUT2D eigenvalue weighted by Gasteiger charge is 2.64. The topological polar surface area (TPSA) is 43.4 Å². The predicted molar refractivity (Wildman–Crippen MR) is 87.8 cm³/mol. The van der Waals surface area contributed by atoms with Crippen molar-refractivity contribution in [2.75, 3.05) is 7.11 Å². The van der Waals surface area contributed by atoms with Crippen LogP contribution in [-0.4, -0.2) is 24.8 Å². The van der Waals surface area contributed by atoms with Crippen LogP contribution in [0.15, 0.2) is 12.2 Å². The van der Waals surface area contributed by atoms with Crippen LogP contribution < -0.4 is 0 Å². The predicted octanol–water partition coefficient (Wildman–Crippen LogP) is 3.57. The SMILES string of the molecule is CO[C@@H]1CC(=O)[C@@]2(C)CC[C@H]3[C@@H](CC(=O)[C@H]4CC=CC[C@@]43C)[C@H]12. The molecule has 0 heterocycles. The van der Waals surface area contributed by atoms with Crippen LogP contribution in [0.3, 0.4) is 0 Å². The number of hydrogen-bond acceptors (Lipinski definition) is 3. The van der Waals surface area contributed by atoms with Gasteiger partial charge in [-0.1, -0.05) is 26.0 Å². The standard InChI is InChI=1S/C20H28O3/c1-19-8-5-4-6-14(19)15(21)10-12-13(19)7-9-20(2)17(22)11-16(23-3)18(12)20/h4-5,12-14,16,18H,6-11H2,1-3H3/t12-,13+,14-,16-,18-,19-,20-/m1/s1. The Balaban J connectivity index is 1.75. The van der Waals surface area contributed by atoms with Gasteiger partial charge in [0.25, 0.3) is 0 Å². The molecule has 0 amide bonds. The third kappa shape index (κ3) is 1.92. The van der Waals surface area contributed by atoms with E-state index < -0.39 is 0 Å². The summed E-state index contributed by atoms with van der Waals surface area (Å²) in [5.41, 5.74) is -0.185. The molecular weight excluding hydrogens is 288 g/mol. The van der Waals surface area contributed by atoms with Gasteiger partial charge in [-0.05, 0) is 42.9 Å². The van der Waals surface area contributed by atoms with Crippen molar-refractivity contribution in [3.8, 4) is 0 Å². The maximum Gasteiger partial charge on any atom is 0.141 e. The van der Waals surface area contributed by atoms with Gasteiger partial charge in [-0.2, -0.15) is 0 Å². The van der Waals surface area contributed by atoms with E-state index in [0.717, 1.165) is 25.7 Å². The van der Waals surface area contributed by atoms with Gasteiger partial charge in [-0.15, -0.1) is 0 Å². The van der Waals surface area contributed by atoms with Crippen LogP contribution in [0, 0.1) is 34.5 Å². The van der Waals surface area contributed by atoms with E-state index in [4.69, 9.17) is 4.74 Å². The number of carbonyl (C=O) groups excluding carboxylic acids is 2. The van der Waals surface area contributed by atoms with Crippen LogP contribution in [0.1, 0.15) is 52.4 Å². The summed E-state index contributed by atoms with van der Waals surface area (Å²) in [5.74, 6) is 2.08. The Morgan fingerprint density at radius 1 is 1.17 bits per heavy atom. The number of methoxy groups -OCH3 is 1. The quantitative estimate of drug-likeness (QED) is 0.695. The molecule has 0 aromatic carbocycles. The minimum atomic E-state index is -0.268. The van der Waals surface area contributed by atoms with E-state index in [2.05, 4.69) is 26.0 Å². The summed E-state index contributed by atoms with van der Waals surface area (Å²) in [6.45, 7) is 4.46. The molecule has 0 aliphatic heterocycles. The van der Waals surface area contributed by atoms with E-state index in [0.29, 0.717) is 36.2 Å². The molecule has 0 bridgehead atoms. The zero-order valence-electron chi connectivity index (χ0n) is 14.5. The molecule has 4 aliphatic rings. The first kappa shape index (κ1) is 15.6. The number of rotatable bonds is 1. The number of hydrogen-bond donors (Lipinski definition) is 0. The van der Waals surface area contributed by atoms with Crippen molar-refractivity contribution >= 4 is 11.6 Å². The first-order valence-corrected chi connectivity index (χ1v) is 9.15. The number of ketones is 2. The van der Waals surface area contributed by atoms with Gasteiger partial charge in [0.2, 0.25) is 0 Å². The number of Topliss-reactive ketones (excluding diaryl/α,β-unsaturated/α-hetero) is 2. The van der Waals surface area contributed by atoms with Crippen molar-refractivity contribution in [3.05, 3.63) is 12.2 Å². The smallest absolute Gasteiger partial charge is 0.141 e. The Labute approximate surface area is 138 Å². The second-order valence-corrected chi connectivity index (χ2v) is 8.79. The molecule has 7 atom stereocenters. The molecule has 0 N–H and O–H groups in total. The first-order chi connectivity index (χ1) is 10.9. The van der Waals surface area contributed by atoms with Crippen LogP contribution in [0.4, 0.5) is 0 Å². The summed E-state index contributed by atoms with van der Waals surface area (Å²) < 4.78 is 5.72. The molecule has 0 spiro atoms. The molecule has 3 nitrogen and oxygen atoms in total. The molecule has 23 heavy (non-hydrogen) atoms. The van der Waals surface area contributed by atoms with E-state index in [9.17, 15) is 9.59 Å². The normalized spacial score (nSPS) is 52.0. The Bertz CT molecular complexity index is 579. The third-order valence-electron chi connectivity index (χ3n) is 7.98. The van der Waals surface area contributed by atoms with Crippen molar-refractivity contribution in [1.29, 1.82) is 0 Å². The minimum absolute atomic E-state index is 0.00684. The maximum absolute atomic E-state index is 12.9. The van der Waals surface area contributed by atoms with Crippen molar-refractivity contribution < 1.29 is 14.3 Å². The number of carbonyl (C=O) groups is 2. The molecule has 0 aromatic heterocycles. The van der Waals surface area contributed by atoms with Crippen LogP contribution in [0.2, 0.25) is 0 Å². The van der Waals surface area contributed by atoms with Gasteiger partial charge in [-0.25, -0.2) is 0 Å². The van der Waals surface area contributed by atoms with Crippen molar-refractivity contribution in [1.82, 2.24) is 0 Å². The molecule has 126 valence electrons. The number of ether oxygens (including phenoxy) is 1. The molecule has 4 rings (SSSR count). The van der Waals surface area contributed by atoms with E-state index in [1.165, 1.54) is 0 Å². The van der Waals surface area contributed by atoms with E-state index in [1.807, 2.05) is 0 Å². The zero-order chi connectivity index (χ0) is 16.4. The van der Waals surface area contributed by atoms with Gasteiger partial charge in [0, 0.05) is 37.2 Å². The summed E-state index contributed by atoms with van der Waals surface area (Å²) in [5, 5.41) is 0. The Morgan fingerprint density at radius 3 is 2.70 bits per heavy atom. The van der Waals surface area contributed by atoms with Gasteiger partial charge in [-0.3, -0.25) is 9.59 Å². The fraction of sp³-hybridized carbons (Fsp3) is 0.800. The molecule has 0 aromatic rings. The summed E-state index contributed by atoms with van der Waals surface area (Å²) in [7, 11) is 1.73. The third-order valence-corrected chi connectivity index (χ3v) is 7.98. The summed E-state index contributed by atoms with van der Waals surface area (Å²) in [6, 6.07) is 0. The molecular formula is C20H28O3. The molecule has 3 fully saturated rings. The molecule has 0 radical (unpaired) electrons. The highest BCUT2D eigenvalue weighted by atomic mass is 16.5. The van der Waals surface area contributed by atoms with Gasteiger partial charge in [0.05, 0.1) is 6.10 Å². The second-order valence-electron chi connectivity index (χ2n) is 8.79. The van der Waals surface area contributed by atoms with Gasteiger partial charge >= 0.3 is 0 Å². The average molecular weight is 316 g/mol. The average Bonchev–Trinajstić information content (AvgIpc) is 2.78. The van der Waals surface area contributed by atoms with Crippen LogP contribution >= 0.6 is 0 Å². The fourth-order valence-corrected chi connectivity index (χ4v) is 6.70. The lowest BCUT2D eigenvalue weighted by molar-refractivity contribution is -0.156. The Morgan fingerprint density at radius 2 is 1.96 bits per heavy atom. The summed E-state index contributed by atoms with van der Waals surface area (Å²) in [4.78, 5) is 25.5. The van der Waals surface area contributed by atoms with E-state index in [1.54, 1.807) is 7.11 Å². The van der Waals surface area contributed by atoms with Crippen LogP contribution in [0.5, 0.6) is 0 Å². The number of allylic oxidation sites excluding steroid dienone is 2. The Hall–Kier alpha value is -0.960. The van der Waals surface area contributed by atoms with Gasteiger partial charge < -0.3 is 4.74 Å². The highest BCUT2D eigenvalue weighted by Crippen LogP contribution is 2.64. The lowest BCUT2D eigenvalue weighted by atomic mass is 9.45. The maximum atomic E-state index is 12.9. The van der Waals surface area contributed by atoms with Crippen LogP contribution in [0.25, 0.3) is 0 Å². The summed E-state index contributed by atoms with van der Waals surface area (Å²) in [6.07, 6.45) is 9.65. The van der Waals surface area contributed by atoms with Gasteiger partial charge in [0.1, 0.15) is 11.6 Å². The van der Waals surface area contributed by atoms with E-state index >= 15 is 0 Å². The number of fused-ring (bicyclic) bond motifs is 5. The molecule has 3 heteroatoms. The molecule has 0 unspecified atom stereocenters.